The van der Waals surface area contributed by atoms with Crippen molar-refractivity contribution >= 4 is 10.8 Å². The summed E-state index contributed by atoms with van der Waals surface area (Å²) in [6.45, 7) is 1.85. The van der Waals surface area contributed by atoms with Gasteiger partial charge in [0.25, 0.3) is 0 Å². The molecule has 3 aromatic rings. The lowest BCUT2D eigenvalue weighted by atomic mass is 10.0. The van der Waals surface area contributed by atoms with Gasteiger partial charge in [-0.25, -0.2) is 0 Å². The molecule has 124 valence electrons. The van der Waals surface area contributed by atoms with Gasteiger partial charge in [-0.1, -0.05) is 36.4 Å². The Balaban J connectivity index is 1.51. The quantitative estimate of drug-likeness (QED) is 0.719. The molecule has 0 aliphatic carbocycles. The fourth-order valence-corrected chi connectivity index (χ4v) is 2.91. The number of rotatable bonds is 7. The summed E-state index contributed by atoms with van der Waals surface area (Å²) in [6.07, 6.45) is 4.99. The molecule has 24 heavy (non-hydrogen) atoms. The Bertz CT molecular complexity index is 773. The van der Waals surface area contributed by atoms with E-state index in [1.807, 2.05) is 30.6 Å². The van der Waals surface area contributed by atoms with Crippen LogP contribution in [0.4, 0.5) is 0 Å². The molecule has 0 fully saturated rings. The van der Waals surface area contributed by atoms with Crippen LogP contribution in [0.5, 0.6) is 0 Å². The van der Waals surface area contributed by atoms with Crippen molar-refractivity contribution in [2.24, 2.45) is 0 Å². The van der Waals surface area contributed by atoms with Gasteiger partial charge in [0.05, 0.1) is 6.10 Å². The molecule has 3 nitrogen and oxygen atoms in total. The van der Waals surface area contributed by atoms with Crippen molar-refractivity contribution < 1.29 is 5.11 Å². The van der Waals surface area contributed by atoms with E-state index in [1.54, 1.807) is 0 Å². The third-order valence-electron chi connectivity index (χ3n) is 4.47. The summed E-state index contributed by atoms with van der Waals surface area (Å²) in [5, 5.41) is 12.9. The zero-order valence-corrected chi connectivity index (χ0v) is 14.1. The first kappa shape index (κ1) is 16.6. The predicted octanol–water partition coefficient (Wildman–Crippen LogP) is 3.83. The first-order valence-electron chi connectivity index (χ1n) is 8.46. The van der Waals surface area contributed by atoms with E-state index < -0.39 is 6.10 Å². The summed E-state index contributed by atoms with van der Waals surface area (Å²) in [5.74, 6) is 0. The lowest BCUT2D eigenvalue weighted by Crippen LogP contribution is -2.23. The molecule has 0 aliphatic rings. The first-order valence-corrected chi connectivity index (χ1v) is 8.46. The van der Waals surface area contributed by atoms with Crippen LogP contribution in [-0.2, 0) is 6.42 Å². The van der Waals surface area contributed by atoms with Crippen LogP contribution in [0.1, 0.15) is 23.7 Å². The highest BCUT2D eigenvalue weighted by atomic mass is 16.3. The molecule has 0 amide bonds. The van der Waals surface area contributed by atoms with Crippen molar-refractivity contribution in [1.29, 1.82) is 0 Å². The molecule has 1 heterocycles. The Morgan fingerprint density at radius 2 is 1.71 bits per heavy atom. The zero-order valence-electron chi connectivity index (χ0n) is 14.1. The number of fused-ring (bicyclic) bond motifs is 1. The van der Waals surface area contributed by atoms with Crippen molar-refractivity contribution in [3.63, 3.8) is 0 Å². The standard InChI is InChI=1S/C21H24N2O/c1-23(14-10-17-8-12-22-13-9-17)15-11-21(24)20-7-6-18-4-2-3-5-19(18)16-20/h2-9,12-13,16,21,24H,10-11,14-15H2,1H3. The van der Waals surface area contributed by atoms with Crippen molar-refractivity contribution in [2.45, 2.75) is 18.9 Å². The van der Waals surface area contributed by atoms with Gasteiger partial charge >= 0.3 is 0 Å². The van der Waals surface area contributed by atoms with E-state index >= 15 is 0 Å². The normalized spacial score (nSPS) is 12.6. The van der Waals surface area contributed by atoms with E-state index in [-0.39, 0.29) is 0 Å². The Morgan fingerprint density at radius 3 is 2.50 bits per heavy atom. The maximum Gasteiger partial charge on any atom is 0.0802 e. The van der Waals surface area contributed by atoms with Crippen LogP contribution in [0.3, 0.4) is 0 Å². The molecule has 2 aromatic carbocycles. The van der Waals surface area contributed by atoms with Gasteiger partial charge in [0.1, 0.15) is 0 Å². The molecule has 0 saturated carbocycles. The van der Waals surface area contributed by atoms with E-state index in [1.165, 1.54) is 16.3 Å². The minimum absolute atomic E-state index is 0.419. The van der Waals surface area contributed by atoms with E-state index in [4.69, 9.17) is 0 Å². The molecule has 0 saturated heterocycles. The second kappa shape index (κ2) is 8.04. The Labute approximate surface area is 143 Å². The number of pyridine rings is 1. The molecule has 3 heteroatoms. The van der Waals surface area contributed by atoms with Gasteiger partial charge in [0.2, 0.25) is 0 Å². The second-order valence-electron chi connectivity index (χ2n) is 6.32. The number of likely N-dealkylation sites (N-methyl/N-ethyl adjacent to an activating group) is 1. The van der Waals surface area contributed by atoms with Gasteiger partial charge < -0.3 is 10.0 Å². The van der Waals surface area contributed by atoms with Gasteiger partial charge in [0, 0.05) is 25.5 Å². The Morgan fingerprint density at radius 1 is 0.958 bits per heavy atom. The van der Waals surface area contributed by atoms with Gasteiger partial charge in [-0.15, -0.1) is 0 Å². The van der Waals surface area contributed by atoms with Gasteiger partial charge in [0.15, 0.2) is 0 Å². The van der Waals surface area contributed by atoms with Crippen LogP contribution < -0.4 is 0 Å². The molecular formula is C21H24N2O. The summed E-state index contributed by atoms with van der Waals surface area (Å²) < 4.78 is 0. The lowest BCUT2D eigenvalue weighted by Gasteiger charge is -2.19. The number of hydrogen-bond donors (Lipinski definition) is 1. The fourth-order valence-electron chi connectivity index (χ4n) is 2.91. The van der Waals surface area contributed by atoms with Crippen molar-refractivity contribution in [3.8, 4) is 0 Å². The van der Waals surface area contributed by atoms with Gasteiger partial charge in [-0.2, -0.15) is 0 Å². The van der Waals surface area contributed by atoms with Crippen LogP contribution in [-0.4, -0.2) is 35.1 Å². The number of nitrogens with zero attached hydrogens (tertiary/aromatic N) is 2. The SMILES string of the molecule is CN(CCc1ccncc1)CCC(O)c1ccc2ccccc2c1. The summed E-state index contributed by atoms with van der Waals surface area (Å²) in [4.78, 5) is 6.31. The maximum absolute atomic E-state index is 10.5. The summed E-state index contributed by atoms with van der Waals surface area (Å²) in [7, 11) is 2.11. The minimum Gasteiger partial charge on any atom is -0.388 e. The van der Waals surface area contributed by atoms with Crippen LogP contribution >= 0.6 is 0 Å². The van der Waals surface area contributed by atoms with E-state index in [2.05, 4.69) is 53.3 Å². The first-order chi connectivity index (χ1) is 11.7. The molecule has 3 rings (SSSR count). The minimum atomic E-state index is -0.419. The van der Waals surface area contributed by atoms with E-state index in [0.717, 1.165) is 31.5 Å². The molecule has 1 atom stereocenters. The molecule has 0 bridgehead atoms. The van der Waals surface area contributed by atoms with Crippen LogP contribution in [0, 0.1) is 0 Å². The smallest absolute Gasteiger partial charge is 0.0802 e. The largest absolute Gasteiger partial charge is 0.388 e. The number of hydrogen-bond acceptors (Lipinski definition) is 3. The number of aliphatic hydroxyl groups excluding tert-OH is 1. The number of aliphatic hydroxyl groups is 1. The van der Waals surface area contributed by atoms with Gasteiger partial charge in [-0.05, 0) is 60.0 Å². The third kappa shape index (κ3) is 4.40. The van der Waals surface area contributed by atoms with E-state index in [9.17, 15) is 5.11 Å². The van der Waals surface area contributed by atoms with Crippen LogP contribution in [0.2, 0.25) is 0 Å². The molecule has 1 N–H and O–H groups in total. The third-order valence-corrected chi connectivity index (χ3v) is 4.47. The fraction of sp³-hybridized carbons (Fsp3) is 0.286. The van der Waals surface area contributed by atoms with Gasteiger partial charge in [-0.3, -0.25) is 4.98 Å². The maximum atomic E-state index is 10.5. The highest BCUT2D eigenvalue weighted by Crippen LogP contribution is 2.22. The molecular weight excluding hydrogens is 296 g/mol. The highest BCUT2D eigenvalue weighted by molar-refractivity contribution is 5.83. The topological polar surface area (TPSA) is 36.4 Å². The predicted molar refractivity (Wildman–Crippen MR) is 99.0 cm³/mol. The lowest BCUT2D eigenvalue weighted by molar-refractivity contribution is 0.149. The van der Waals surface area contributed by atoms with Crippen molar-refractivity contribution in [1.82, 2.24) is 9.88 Å². The molecule has 1 aromatic heterocycles. The molecule has 0 spiro atoms. The molecule has 0 aliphatic heterocycles. The van der Waals surface area contributed by atoms with E-state index in [0.29, 0.717) is 0 Å². The zero-order chi connectivity index (χ0) is 16.8. The molecule has 0 radical (unpaired) electrons. The average Bonchev–Trinajstić information content (AvgIpc) is 2.65. The monoisotopic (exact) mass is 320 g/mol. The van der Waals surface area contributed by atoms with Crippen LogP contribution in [0.25, 0.3) is 10.8 Å². The Kier molecular flexibility index (Phi) is 5.57. The molecule has 1 unspecified atom stereocenters. The second-order valence-corrected chi connectivity index (χ2v) is 6.32. The number of aromatic nitrogens is 1. The number of benzene rings is 2. The van der Waals surface area contributed by atoms with Crippen molar-refractivity contribution in [2.75, 3.05) is 20.1 Å². The van der Waals surface area contributed by atoms with Crippen molar-refractivity contribution in [3.05, 3.63) is 78.1 Å². The summed E-state index contributed by atoms with van der Waals surface area (Å²) in [5.41, 5.74) is 2.29. The summed E-state index contributed by atoms with van der Waals surface area (Å²) >= 11 is 0. The average molecular weight is 320 g/mol. The van der Waals surface area contributed by atoms with Crippen LogP contribution in [0.15, 0.2) is 67.0 Å². The Hall–Kier alpha value is -2.23. The summed E-state index contributed by atoms with van der Waals surface area (Å²) in [6, 6.07) is 18.6. The highest BCUT2D eigenvalue weighted by Gasteiger charge is 2.10.